The van der Waals surface area contributed by atoms with Crippen molar-refractivity contribution in [1.82, 2.24) is 0 Å². The summed E-state index contributed by atoms with van der Waals surface area (Å²) >= 11 is 3.34. The molecule has 1 atom stereocenters. The van der Waals surface area contributed by atoms with Crippen molar-refractivity contribution in [3.8, 4) is 11.5 Å². The Hall–Kier alpha value is -0.740. The van der Waals surface area contributed by atoms with Gasteiger partial charge in [-0.25, -0.2) is 0 Å². The molecule has 0 aliphatic rings. The second-order valence-electron chi connectivity index (χ2n) is 2.90. The molecule has 0 aliphatic carbocycles. The molecular weight excluding hydrogens is 248 g/mol. The van der Waals surface area contributed by atoms with Crippen LogP contribution in [0, 0.1) is 0 Å². The predicted molar refractivity (Wildman–Crippen MR) is 57.9 cm³/mol. The Morgan fingerprint density at radius 2 is 1.64 bits per heavy atom. The summed E-state index contributed by atoms with van der Waals surface area (Å²) in [6, 6.07) is 3.59. The molecule has 1 N–H and O–H groups in total. The van der Waals surface area contributed by atoms with Gasteiger partial charge in [-0.1, -0.05) is 15.9 Å². The van der Waals surface area contributed by atoms with E-state index in [0.29, 0.717) is 17.1 Å². The molecule has 0 radical (unpaired) electrons. The second kappa shape index (κ2) is 4.66. The number of halogens is 1. The highest BCUT2D eigenvalue weighted by Gasteiger charge is 2.15. The Morgan fingerprint density at radius 3 is 1.93 bits per heavy atom. The molecule has 0 fully saturated rings. The molecule has 3 nitrogen and oxygen atoms in total. The van der Waals surface area contributed by atoms with Crippen LogP contribution in [0.2, 0.25) is 0 Å². The monoisotopic (exact) mass is 260 g/mol. The summed E-state index contributed by atoms with van der Waals surface area (Å²) in [5, 5.41) is 9.56. The first-order valence-electron chi connectivity index (χ1n) is 4.19. The van der Waals surface area contributed by atoms with Gasteiger partial charge in [0.1, 0.15) is 11.5 Å². The lowest BCUT2D eigenvalue weighted by Gasteiger charge is -2.15. The quantitative estimate of drug-likeness (QED) is 0.908. The number of ether oxygens (including phenoxy) is 2. The van der Waals surface area contributed by atoms with Crippen molar-refractivity contribution < 1.29 is 14.6 Å². The van der Waals surface area contributed by atoms with Crippen LogP contribution in [0.25, 0.3) is 0 Å². The van der Waals surface area contributed by atoms with Gasteiger partial charge in [0.05, 0.1) is 25.9 Å². The SMILES string of the molecule is COc1cc(Br)cc(OC)c1[C@@H](C)O. The highest BCUT2D eigenvalue weighted by atomic mass is 79.9. The third kappa shape index (κ3) is 2.19. The Balaban J connectivity index is 3.33. The van der Waals surface area contributed by atoms with Crippen LogP contribution in [-0.2, 0) is 0 Å². The molecule has 1 rings (SSSR count). The fourth-order valence-corrected chi connectivity index (χ4v) is 1.73. The minimum Gasteiger partial charge on any atom is -0.496 e. The van der Waals surface area contributed by atoms with Crippen LogP contribution in [0.5, 0.6) is 11.5 Å². The van der Waals surface area contributed by atoms with E-state index in [1.54, 1.807) is 33.3 Å². The molecule has 1 aromatic carbocycles. The van der Waals surface area contributed by atoms with Crippen molar-refractivity contribution in [1.29, 1.82) is 0 Å². The summed E-state index contributed by atoms with van der Waals surface area (Å²) in [5.41, 5.74) is 0.665. The molecule has 4 heteroatoms. The summed E-state index contributed by atoms with van der Waals surface area (Å²) in [4.78, 5) is 0. The molecule has 14 heavy (non-hydrogen) atoms. The summed E-state index contributed by atoms with van der Waals surface area (Å²) in [7, 11) is 3.13. The Bertz CT molecular complexity index is 298. The van der Waals surface area contributed by atoms with E-state index in [9.17, 15) is 5.11 Å². The highest BCUT2D eigenvalue weighted by molar-refractivity contribution is 9.10. The lowest BCUT2D eigenvalue weighted by Crippen LogP contribution is -2.00. The summed E-state index contributed by atoms with van der Waals surface area (Å²) in [6.45, 7) is 1.67. The zero-order chi connectivity index (χ0) is 10.7. The van der Waals surface area contributed by atoms with Crippen LogP contribution in [-0.4, -0.2) is 19.3 Å². The topological polar surface area (TPSA) is 38.7 Å². The normalized spacial score (nSPS) is 12.4. The minimum atomic E-state index is -0.618. The Kier molecular flexibility index (Phi) is 3.77. The first-order chi connectivity index (χ1) is 6.60. The molecule has 0 aliphatic heterocycles. The van der Waals surface area contributed by atoms with Crippen molar-refractivity contribution in [3.63, 3.8) is 0 Å². The fraction of sp³-hybridized carbons (Fsp3) is 0.400. The average molecular weight is 261 g/mol. The maximum absolute atomic E-state index is 9.56. The van der Waals surface area contributed by atoms with Crippen molar-refractivity contribution in [2.45, 2.75) is 13.0 Å². The number of aliphatic hydroxyl groups is 1. The first kappa shape index (κ1) is 11.3. The molecule has 0 amide bonds. The molecule has 0 unspecified atom stereocenters. The summed E-state index contributed by atoms with van der Waals surface area (Å²) in [5.74, 6) is 1.23. The van der Waals surface area contributed by atoms with Gasteiger partial charge in [-0.15, -0.1) is 0 Å². The Morgan fingerprint density at radius 1 is 1.21 bits per heavy atom. The van der Waals surface area contributed by atoms with Gasteiger partial charge in [0.25, 0.3) is 0 Å². The summed E-state index contributed by atoms with van der Waals surface area (Å²) < 4.78 is 11.2. The first-order valence-corrected chi connectivity index (χ1v) is 4.99. The standard InChI is InChI=1S/C10H13BrO3/c1-6(12)10-8(13-2)4-7(11)5-9(10)14-3/h4-6,12H,1-3H3/t6-/m1/s1. The molecule has 0 aromatic heterocycles. The largest absolute Gasteiger partial charge is 0.496 e. The van der Waals surface area contributed by atoms with Crippen LogP contribution < -0.4 is 9.47 Å². The maximum Gasteiger partial charge on any atom is 0.129 e. The molecule has 0 saturated carbocycles. The second-order valence-corrected chi connectivity index (χ2v) is 3.82. The molecule has 0 heterocycles. The van der Waals surface area contributed by atoms with Gasteiger partial charge in [-0.3, -0.25) is 0 Å². The zero-order valence-corrected chi connectivity index (χ0v) is 9.96. The molecule has 0 bridgehead atoms. The van der Waals surface area contributed by atoms with Crippen LogP contribution in [0.3, 0.4) is 0 Å². The van der Waals surface area contributed by atoms with Crippen molar-refractivity contribution in [2.75, 3.05) is 14.2 Å². The summed E-state index contributed by atoms with van der Waals surface area (Å²) in [6.07, 6.45) is -0.618. The molecule has 0 saturated heterocycles. The van der Waals surface area contributed by atoms with Crippen LogP contribution in [0.15, 0.2) is 16.6 Å². The van der Waals surface area contributed by atoms with E-state index >= 15 is 0 Å². The van der Waals surface area contributed by atoms with Gasteiger partial charge < -0.3 is 14.6 Å². The van der Waals surface area contributed by atoms with E-state index in [2.05, 4.69) is 15.9 Å². The Labute approximate surface area is 91.8 Å². The third-order valence-electron chi connectivity index (χ3n) is 1.93. The van der Waals surface area contributed by atoms with E-state index in [1.807, 2.05) is 0 Å². The minimum absolute atomic E-state index is 0.617. The van der Waals surface area contributed by atoms with Crippen LogP contribution in [0.4, 0.5) is 0 Å². The number of benzene rings is 1. The van der Waals surface area contributed by atoms with E-state index in [0.717, 1.165) is 4.47 Å². The average Bonchev–Trinajstić information content (AvgIpc) is 2.15. The number of hydrogen-bond donors (Lipinski definition) is 1. The highest BCUT2D eigenvalue weighted by Crippen LogP contribution is 2.36. The number of aliphatic hydroxyl groups excluding tert-OH is 1. The van der Waals surface area contributed by atoms with E-state index in [-0.39, 0.29) is 0 Å². The van der Waals surface area contributed by atoms with E-state index < -0.39 is 6.10 Å². The van der Waals surface area contributed by atoms with Gasteiger partial charge in [0.15, 0.2) is 0 Å². The van der Waals surface area contributed by atoms with Crippen molar-refractivity contribution in [3.05, 3.63) is 22.2 Å². The van der Waals surface area contributed by atoms with Gasteiger partial charge in [0.2, 0.25) is 0 Å². The van der Waals surface area contributed by atoms with Crippen molar-refractivity contribution in [2.24, 2.45) is 0 Å². The number of rotatable bonds is 3. The van der Waals surface area contributed by atoms with Crippen LogP contribution >= 0.6 is 15.9 Å². The molecule has 1 aromatic rings. The van der Waals surface area contributed by atoms with Gasteiger partial charge in [-0.2, -0.15) is 0 Å². The molecular formula is C10H13BrO3. The van der Waals surface area contributed by atoms with E-state index in [1.165, 1.54) is 0 Å². The van der Waals surface area contributed by atoms with Crippen LogP contribution in [0.1, 0.15) is 18.6 Å². The molecule has 78 valence electrons. The maximum atomic E-state index is 9.56. The smallest absolute Gasteiger partial charge is 0.129 e. The zero-order valence-electron chi connectivity index (χ0n) is 8.37. The predicted octanol–water partition coefficient (Wildman–Crippen LogP) is 2.52. The molecule has 0 spiro atoms. The van der Waals surface area contributed by atoms with Crippen molar-refractivity contribution >= 4 is 15.9 Å². The lowest BCUT2D eigenvalue weighted by molar-refractivity contribution is 0.189. The van der Waals surface area contributed by atoms with Gasteiger partial charge >= 0.3 is 0 Å². The lowest BCUT2D eigenvalue weighted by atomic mass is 10.1. The van der Waals surface area contributed by atoms with Gasteiger partial charge in [-0.05, 0) is 19.1 Å². The number of hydrogen-bond acceptors (Lipinski definition) is 3. The van der Waals surface area contributed by atoms with Gasteiger partial charge in [0, 0.05) is 4.47 Å². The number of methoxy groups -OCH3 is 2. The third-order valence-corrected chi connectivity index (χ3v) is 2.38. The fourth-order valence-electron chi connectivity index (χ4n) is 1.32. The van der Waals surface area contributed by atoms with E-state index in [4.69, 9.17) is 9.47 Å².